The van der Waals surface area contributed by atoms with Crippen molar-refractivity contribution in [2.75, 3.05) is 0 Å². The van der Waals surface area contributed by atoms with Gasteiger partial charge >= 0.3 is 0 Å². The van der Waals surface area contributed by atoms with Crippen LogP contribution in [0.3, 0.4) is 0 Å². The van der Waals surface area contributed by atoms with Crippen LogP contribution in [0, 0.1) is 13.8 Å². The Bertz CT molecular complexity index is 1160. The Morgan fingerprint density at radius 1 is 0.481 bits per heavy atom. The molecular weight excluding hydrogens is 344 g/mol. The number of thiophene rings is 1. The van der Waals surface area contributed by atoms with Crippen LogP contribution in [0.2, 0.25) is 0 Å². The third-order valence-electron chi connectivity index (χ3n) is 5.26. The third-order valence-corrected chi connectivity index (χ3v) is 6.75. The fourth-order valence-electron chi connectivity index (χ4n) is 3.92. The van der Waals surface area contributed by atoms with Gasteiger partial charge in [-0.2, -0.15) is 0 Å². The molecule has 130 valence electrons. The Morgan fingerprint density at radius 3 is 1.30 bits per heavy atom. The number of hydrogen-bond donors (Lipinski definition) is 0. The molecule has 0 fully saturated rings. The second kappa shape index (κ2) is 6.37. The van der Waals surface area contributed by atoms with Gasteiger partial charge in [-0.1, -0.05) is 60.7 Å². The molecule has 0 unspecified atom stereocenters. The zero-order valence-corrected chi connectivity index (χ0v) is 16.3. The Kier molecular flexibility index (Phi) is 3.84. The molecule has 0 aliphatic carbocycles. The maximum atomic E-state index is 2.37. The highest BCUT2D eigenvalue weighted by Gasteiger charge is 2.13. The molecule has 0 atom stereocenters. The minimum Gasteiger partial charge on any atom is -0.135 e. The van der Waals surface area contributed by atoms with Crippen molar-refractivity contribution in [3.8, 4) is 22.3 Å². The zero-order chi connectivity index (χ0) is 18.4. The first-order chi connectivity index (χ1) is 13.2. The fourth-order valence-corrected chi connectivity index (χ4v) is 5.12. The van der Waals surface area contributed by atoms with Crippen molar-refractivity contribution >= 4 is 31.5 Å². The Labute approximate surface area is 163 Å². The van der Waals surface area contributed by atoms with E-state index in [1.807, 2.05) is 11.3 Å². The monoisotopic (exact) mass is 364 g/mol. The standard InChI is InChI=1S/C26H20S/c1-17-13-21(19-9-5-3-6-10-19)15-23-24-16-22(20-11-7-4-8-12-20)14-18(2)26(24)27-25(17)23/h3-16H,1-2H3. The molecule has 0 amide bonds. The maximum absolute atomic E-state index is 2.37. The lowest BCUT2D eigenvalue weighted by atomic mass is 9.97. The van der Waals surface area contributed by atoms with E-state index in [0.29, 0.717) is 0 Å². The smallest absolute Gasteiger partial charge is 0.0385 e. The molecule has 0 radical (unpaired) electrons. The van der Waals surface area contributed by atoms with Gasteiger partial charge in [0.25, 0.3) is 0 Å². The average Bonchev–Trinajstić information content (AvgIpc) is 3.09. The summed E-state index contributed by atoms with van der Waals surface area (Å²) in [6.45, 7) is 4.47. The maximum Gasteiger partial charge on any atom is 0.0385 e. The van der Waals surface area contributed by atoms with Crippen molar-refractivity contribution in [1.82, 2.24) is 0 Å². The minimum atomic E-state index is 1.28. The molecule has 5 rings (SSSR count). The topological polar surface area (TPSA) is 0 Å². The molecule has 27 heavy (non-hydrogen) atoms. The van der Waals surface area contributed by atoms with Crippen molar-refractivity contribution in [2.45, 2.75) is 13.8 Å². The highest BCUT2D eigenvalue weighted by molar-refractivity contribution is 7.26. The molecule has 0 saturated heterocycles. The van der Waals surface area contributed by atoms with E-state index < -0.39 is 0 Å². The van der Waals surface area contributed by atoms with Crippen molar-refractivity contribution in [3.63, 3.8) is 0 Å². The minimum absolute atomic E-state index is 1.28. The van der Waals surface area contributed by atoms with Crippen LogP contribution >= 0.6 is 11.3 Å². The summed E-state index contributed by atoms with van der Waals surface area (Å²) in [5.74, 6) is 0. The van der Waals surface area contributed by atoms with Gasteiger partial charge in [-0.15, -0.1) is 11.3 Å². The lowest BCUT2D eigenvalue weighted by Crippen LogP contribution is -1.82. The van der Waals surface area contributed by atoms with E-state index in [0.717, 1.165) is 0 Å². The quantitative estimate of drug-likeness (QED) is 0.297. The van der Waals surface area contributed by atoms with E-state index in [4.69, 9.17) is 0 Å². The summed E-state index contributed by atoms with van der Waals surface area (Å²) in [6, 6.07) is 30.7. The summed E-state index contributed by atoms with van der Waals surface area (Å²) in [5.41, 5.74) is 7.85. The van der Waals surface area contributed by atoms with Gasteiger partial charge in [-0.25, -0.2) is 0 Å². The van der Waals surface area contributed by atoms with Crippen molar-refractivity contribution < 1.29 is 0 Å². The van der Waals surface area contributed by atoms with Crippen LogP contribution in [0.15, 0.2) is 84.9 Å². The van der Waals surface area contributed by atoms with Crippen LogP contribution < -0.4 is 0 Å². The number of benzene rings is 4. The van der Waals surface area contributed by atoms with E-state index in [-0.39, 0.29) is 0 Å². The summed E-state index contributed by atoms with van der Waals surface area (Å²) >= 11 is 1.92. The molecular formula is C26H20S. The lowest BCUT2D eigenvalue weighted by Gasteiger charge is -2.06. The molecule has 1 heterocycles. The second-order valence-electron chi connectivity index (χ2n) is 7.17. The Morgan fingerprint density at radius 2 is 0.889 bits per heavy atom. The highest BCUT2D eigenvalue weighted by Crippen LogP contribution is 2.41. The molecule has 0 aliphatic heterocycles. The molecule has 0 nitrogen and oxygen atoms in total. The van der Waals surface area contributed by atoms with Gasteiger partial charge in [0, 0.05) is 20.2 Å². The van der Waals surface area contributed by atoms with Crippen LogP contribution in [0.4, 0.5) is 0 Å². The first-order valence-corrected chi connectivity index (χ1v) is 10.1. The molecule has 0 saturated carbocycles. The zero-order valence-electron chi connectivity index (χ0n) is 15.5. The van der Waals surface area contributed by atoms with Gasteiger partial charge < -0.3 is 0 Å². The van der Waals surface area contributed by atoms with Gasteiger partial charge in [-0.3, -0.25) is 0 Å². The van der Waals surface area contributed by atoms with Gasteiger partial charge in [0.2, 0.25) is 0 Å². The van der Waals surface area contributed by atoms with E-state index in [9.17, 15) is 0 Å². The summed E-state index contributed by atoms with van der Waals surface area (Å²) in [7, 11) is 0. The Balaban J connectivity index is 1.82. The van der Waals surface area contributed by atoms with Gasteiger partial charge in [0.05, 0.1) is 0 Å². The van der Waals surface area contributed by atoms with Crippen LogP contribution in [0.1, 0.15) is 11.1 Å². The summed E-state index contributed by atoms with van der Waals surface area (Å²) in [4.78, 5) is 0. The highest BCUT2D eigenvalue weighted by atomic mass is 32.1. The number of aryl methyl sites for hydroxylation is 2. The summed E-state index contributed by atoms with van der Waals surface area (Å²) in [5, 5.41) is 2.74. The lowest BCUT2D eigenvalue weighted by molar-refractivity contribution is 1.54. The van der Waals surface area contributed by atoms with E-state index in [2.05, 4.69) is 98.8 Å². The third kappa shape index (κ3) is 2.75. The summed E-state index contributed by atoms with van der Waals surface area (Å²) in [6.07, 6.45) is 0. The normalized spacial score (nSPS) is 11.3. The Hall–Kier alpha value is -2.90. The van der Waals surface area contributed by atoms with Gasteiger partial charge in [0.15, 0.2) is 0 Å². The van der Waals surface area contributed by atoms with Crippen molar-refractivity contribution in [1.29, 1.82) is 0 Å². The molecule has 1 heteroatoms. The summed E-state index contributed by atoms with van der Waals surface area (Å²) < 4.78 is 2.80. The first kappa shape index (κ1) is 16.3. The van der Waals surface area contributed by atoms with Gasteiger partial charge in [-0.05, 0) is 71.5 Å². The molecule has 4 aromatic carbocycles. The predicted molar refractivity (Wildman–Crippen MR) is 120 cm³/mol. The number of rotatable bonds is 2. The molecule has 0 N–H and O–H groups in total. The molecule has 1 aromatic heterocycles. The second-order valence-corrected chi connectivity index (χ2v) is 8.19. The molecule has 5 aromatic rings. The van der Waals surface area contributed by atoms with Gasteiger partial charge in [0.1, 0.15) is 0 Å². The molecule has 0 aliphatic rings. The molecule has 0 bridgehead atoms. The van der Waals surface area contributed by atoms with Crippen molar-refractivity contribution in [3.05, 3.63) is 96.1 Å². The van der Waals surface area contributed by atoms with Crippen LogP contribution in [-0.2, 0) is 0 Å². The van der Waals surface area contributed by atoms with E-state index in [1.54, 1.807) is 0 Å². The van der Waals surface area contributed by atoms with Crippen LogP contribution in [-0.4, -0.2) is 0 Å². The van der Waals surface area contributed by atoms with E-state index >= 15 is 0 Å². The average molecular weight is 365 g/mol. The predicted octanol–water partition coefficient (Wildman–Crippen LogP) is 8.01. The van der Waals surface area contributed by atoms with Crippen LogP contribution in [0.25, 0.3) is 42.4 Å². The van der Waals surface area contributed by atoms with Crippen LogP contribution in [0.5, 0.6) is 0 Å². The van der Waals surface area contributed by atoms with E-state index in [1.165, 1.54) is 53.6 Å². The largest absolute Gasteiger partial charge is 0.135 e. The van der Waals surface area contributed by atoms with Crippen molar-refractivity contribution in [2.24, 2.45) is 0 Å². The fraction of sp³-hybridized carbons (Fsp3) is 0.0769. The first-order valence-electron chi connectivity index (χ1n) is 9.29. The SMILES string of the molecule is Cc1cc(-c2ccccc2)cc2c1sc1c(C)cc(-c3ccccc3)cc12. The number of fused-ring (bicyclic) bond motifs is 3. The molecule has 0 spiro atoms. The number of hydrogen-bond acceptors (Lipinski definition) is 1.